The molecule has 4 nitrogen and oxygen atoms in total. The smallest absolute Gasteiger partial charge is 0.238 e. The first-order chi connectivity index (χ1) is 8.24. The monoisotopic (exact) mass is 259 g/mol. The van der Waals surface area contributed by atoms with Crippen molar-refractivity contribution in [1.82, 2.24) is 5.32 Å². The molecule has 1 heterocycles. The highest BCUT2D eigenvalue weighted by atomic mass is 35.5. The Balaban J connectivity index is 2.07. The van der Waals surface area contributed by atoms with Crippen LogP contribution in [0.3, 0.4) is 0 Å². The highest BCUT2D eigenvalue weighted by Gasteiger charge is 2.19. The number of terminal acetylenes is 1. The van der Waals surface area contributed by atoms with Crippen LogP contribution in [0, 0.1) is 12.3 Å². The molecule has 0 radical (unpaired) electrons. The van der Waals surface area contributed by atoms with Gasteiger partial charge in [0.1, 0.15) is 5.38 Å². The normalized spacial score (nSPS) is 17.6. The molecule has 0 aromatic rings. The molecule has 0 aromatic carbocycles. The molecule has 1 unspecified atom stereocenters. The number of hydrogen-bond donors (Lipinski definition) is 1. The van der Waals surface area contributed by atoms with Gasteiger partial charge in [0.05, 0.1) is 19.8 Å². The van der Waals surface area contributed by atoms with Gasteiger partial charge in [-0.15, -0.1) is 23.9 Å². The first kappa shape index (κ1) is 14.3. The van der Waals surface area contributed by atoms with Gasteiger partial charge in [-0.05, 0) is 12.8 Å². The highest BCUT2D eigenvalue weighted by molar-refractivity contribution is 6.30. The van der Waals surface area contributed by atoms with Crippen LogP contribution < -0.4 is 5.32 Å². The lowest BCUT2D eigenvalue weighted by molar-refractivity contribution is -0.123. The summed E-state index contributed by atoms with van der Waals surface area (Å²) in [5, 5.41) is 2.20. The van der Waals surface area contributed by atoms with E-state index >= 15 is 0 Å². The number of rotatable bonds is 7. The molecule has 0 saturated carbocycles. The molecule has 0 aliphatic carbocycles. The average molecular weight is 260 g/mol. The standard InChI is InChI=1S/C12H18ClNO3/c1-2-3-4-5-6-10(13)12(15)14-9-11-16-7-8-17-11/h1,10-11H,3-9H2,(H,14,15). The van der Waals surface area contributed by atoms with E-state index in [0.29, 0.717) is 26.2 Å². The van der Waals surface area contributed by atoms with Gasteiger partial charge >= 0.3 is 0 Å². The number of alkyl halides is 1. The molecule has 1 aliphatic heterocycles. The number of hydrogen-bond acceptors (Lipinski definition) is 3. The van der Waals surface area contributed by atoms with Gasteiger partial charge in [-0.3, -0.25) is 4.79 Å². The molecule has 1 amide bonds. The van der Waals surface area contributed by atoms with E-state index in [9.17, 15) is 4.79 Å². The van der Waals surface area contributed by atoms with E-state index in [1.165, 1.54) is 0 Å². The number of halogens is 1. The van der Waals surface area contributed by atoms with E-state index in [2.05, 4.69) is 11.2 Å². The van der Waals surface area contributed by atoms with Gasteiger partial charge in [-0.25, -0.2) is 0 Å². The van der Waals surface area contributed by atoms with E-state index in [-0.39, 0.29) is 12.2 Å². The molecular weight excluding hydrogens is 242 g/mol. The largest absolute Gasteiger partial charge is 0.350 e. The maximum absolute atomic E-state index is 11.6. The highest BCUT2D eigenvalue weighted by Crippen LogP contribution is 2.09. The lowest BCUT2D eigenvalue weighted by Gasteiger charge is -2.13. The molecule has 1 atom stereocenters. The van der Waals surface area contributed by atoms with E-state index in [1.807, 2.05) is 0 Å². The van der Waals surface area contributed by atoms with Crippen molar-refractivity contribution in [3.05, 3.63) is 0 Å². The number of amides is 1. The van der Waals surface area contributed by atoms with Gasteiger partial charge in [0.15, 0.2) is 6.29 Å². The van der Waals surface area contributed by atoms with E-state index in [4.69, 9.17) is 27.5 Å². The topological polar surface area (TPSA) is 47.6 Å². The summed E-state index contributed by atoms with van der Waals surface area (Å²) in [6.07, 6.45) is 7.94. The molecular formula is C12H18ClNO3. The van der Waals surface area contributed by atoms with Crippen molar-refractivity contribution in [3.63, 3.8) is 0 Å². The number of nitrogens with one attached hydrogen (secondary N) is 1. The molecule has 0 spiro atoms. The van der Waals surface area contributed by atoms with Crippen LogP contribution in [0.4, 0.5) is 0 Å². The van der Waals surface area contributed by atoms with Gasteiger partial charge in [0.25, 0.3) is 0 Å². The van der Waals surface area contributed by atoms with Crippen LogP contribution in [-0.2, 0) is 14.3 Å². The Morgan fingerprint density at radius 3 is 2.82 bits per heavy atom. The van der Waals surface area contributed by atoms with Gasteiger partial charge in [0.2, 0.25) is 5.91 Å². The van der Waals surface area contributed by atoms with E-state index < -0.39 is 5.38 Å². The predicted molar refractivity (Wildman–Crippen MR) is 65.6 cm³/mol. The summed E-state index contributed by atoms with van der Waals surface area (Å²) in [6, 6.07) is 0. The summed E-state index contributed by atoms with van der Waals surface area (Å²) < 4.78 is 10.4. The number of ether oxygens (including phenoxy) is 2. The van der Waals surface area contributed by atoms with Crippen molar-refractivity contribution in [1.29, 1.82) is 0 Å². The van der Waals surface area contributed by atoms with Crippen molar-refractivity contribution >= 4 is 17.5 Å². The second kappa shape index (κ2) is 8.35. The van der Waals surface area contributed by atoms with Crippen LogP contribution in [0.15, 0.2) is 0 Å². The minimum absolute atomic E-state index is 0.175. The fourth-order valence-corrected chi connectivity index (χ4v) is 1.73. The summed E-state index contributed by atoms with van der Waals surface area (Å²) in [5.41, 5.74) is 0. The zero-order valence-corrected chi connectivity index (χ0v) is 10.5. The Bertz CT molecular complexity index is 271. The van der Waals surface area contributed by atoms with Crippen molar-refractivity contribution < 1.29 is 14.3 Å². The maximum atomic E-state index is 11.6. The SMILES string of the molecule is C#CCCCCC(Cl)C(=O)NCC1OCCO1. The Kier molecular flexibility index (Phi) is 7.02. The van der Waals surface area contributed by atoms with Crippen LogP contribution in [0.2, 0.25) is 0 Å². The number of carbonyl (C=O) groups is 1. The van der Waals surface area contributed by atoms with Crippen molar-refractivity contribution in [2.45, 2.75) is 37.4 Å². The molecule has 1 N–H and O–H groups in total. The average Bonchev–Trinajstić information content (AvgIpc) is 2.84. The quantitative estimate of drug-likeness (QED) is 0.426. The van der Waals surface area contributed by atoms with Crippen LogP contribution in [0.25, 0.3) is 0 Å². The van der Waals surface area contributed by atoms with Crippen molar-refractivity contribution in [3.8, 4) is 12.3 Å². The third kappa shape index (κ3) is 5.92. The second-order valence-electron chi connectivity index (χ2n) is 3.83. The Hall–Kier alpha value is -0.760. The van der Waals surface area contributed by atoms with Crippen molar-refractivity contribution in [2.75, 3.05) is 19.8 Å². The first-order valence-electron chi connectivity index (χ1n) is 5.82. The van der Waals surface area contributed by atoms with Crippen LogP contribution in [-0.4, -0.2) is 37.3 Å². The Morgan fingerprint density at radius 1 is 1.47 bits per heavy atom. The summed E-state index contributed by atoms with van der Waals surface area (Å²) >= 11 is 5.95. The lowest BCUT2D eigenvalue weighted by atomic mass is 10.1. The third-order valence-corrected chi connectivity index (χ3v) is 2.86. The molecule has 1 aliphatic rings. The summed E-state index contributed by atoms with van der Waals surface area (Å²) in [7, 11) is 0. The minimum atomic E-state index is -0.505. The molecule has 0 bridgehead atoms. The predicted octanol–water partition coefficient (Wildman–Crippen LogP) is 1.28. The first-order valence-corrected chi connectivity index (χ1v) is 6.26. The van der Waals surface area contributed by atoms with Crippen LogP contribution in [0.1, 0.15) is 25.7 Å². The van der Waals surface area contributed by atoms with E-state index in [0.717, 1.165) is 19.3 Å². The minimum Gasteiger partial charge on any atom is -0.350 e. The maximum Gasteiger partial charge on any atom is 0.238 e. The lowest BCUT2D eigenvalue weighted by Crippen LogP contribution is -2.37. The molecule has 1 rings (SSSR count). The summed E-state index contributed by atoms with van der Waals surface area (Å²) in [5.74, 6) is 2.38. The number of unbranched alkanes of at least 4 members (excludes halogenated alkanes) is 2. The van der Waals surface area contributed by atoms with Gasteiger partial charge in [-0.1, -0.05) is 6.42 Å². The zero-order valence-electron chi connectivity index (χ0n) is 9.78. The fourth-order valence-electron chi connectivity index (χ4n) is 1.50. The van der Waals surface area contributed by atoms with E-state index in [1.54, 1.807) is 0 Å². The summed E-state index contributed by atoms with van der Waals surface area (Å²) in [4.78, 5) is 11.6. The van der Waals surface area contributed by atoms with Crippen LogP contribution in [0.5, 0.6) is 0 Å². The van der Waals surface area contributed by atoms with Gasteiger partial charge in [-0.2, -0.15) is 0 Å². The molecule has 17 heavy (non-hydrogen) atoms. The fraction of sp³-hybridized carbons (Fsp3) is 0.750. The Labute approximate surface area is 107 Å². The Morgan fingerprint density at radius 2 is 2.18 bits per heavy atom. The number of carbonyl (C=O) groups excluding carboxylic acids is 1. The molecule has 1 fully saturated rings. The van der Waals surface area contributed by atoms with Crippen molar-refractivity contribution in [2.24, 2.45) is 0 Å². The third-order valence-electron chi connectivity index (χ3n) is 2.45. The molecule has 1 saturated heterocycles. The molecule has 96 valence electrons. The van der Waals surface area contributed by atoms with Gasteiger partial charge < -0.3 is 14.8 Å². The molecule has 0 aromatic heterocycles. The van der Waals surface area contributed by atoms with Crippen LogP contribution >= 0.6 is 11.6 Å². The summed E-state index contributed by atoms with van der Waals surface area (Å²) in [6.45, 7) is 1.51. The molecule has 5 heteroatoms. The zero-order chi connectivity index (χ0) is 12.5. The van der Waals surface area contributed by atoms with Gasteiger partial charge in [0, 0.05) is 6.42 Å². The second-order valence-corrected chi connectivity index (χ2v) is 4.36.